The average Bonchev–Trinajstić information content (AvgIpc) is 2.61. The van der Waals surface area contributed by atoms with Gasteiger partial charge in [0.2, 0.25) is 0 Å². The molecule has 1 aliphatic rings. The minimum absolute atomic E-state index is 0.252. The van der Waals surface area contributed by atoms with Crippen LogP contribution in [0.3, 0.4) is 0 Å². The number of halogens is 2. The molecule has 0 bridgehead atoms. The largest absolute Gasteiger partial charge is 0.386 e. The highest BCUT2D eigenvalue weighted by Crippen LogP contribution is 2.30. The zero-order valence-electron chi connectivity index (χ0n) is 13.2. The number of carbonyl (C=O) groups excluding carboxylic acids is 1. The number of hydrogen-bond donors (Lipinski definition) is 2. The van der Waals surface area contributed by atoms with E-state index in [2.05, 4.69) is 26.2 Å². The zero-order valence-corrected chi connectivity index (χ0v) is 14.8. The van der Waals surface area contributed by atoms with E-state index in [1.165, 1.54) is 24.3 Å². The van der Waals surface area contributed by atoms with Crippen LogP contribution in [0.4, 0.5) is 10.1 Å². The van der Waals surface area contributed by atoms with Crippen molar-refractivity contribution in [3.8, 4) is 0 Å². The molecule has 0 saturated carbocycles. The number of nitrogens with one attached hydrogen (secondary N) is 1. The molecule has 7 heteroatoms. The van der Waals surface area contributed by atoms with Crippen molar-refractivity contribution in [1.82, 2.24) is 4.90 Å². The number of carbonyl (C=O) groups is 1. The number of amidine groups is 1. The van der Waals surface area contributed by atoms with Gasteiger partial charge in [0.25, 0.3) is 5.91 Å². The fourth-order valence-corrected chi connectivity index (χ4v) is 3.00. The number of hydrogen-bond acceptors (Lipinski definition) is 4. The van der Waals surface area contributed by atoms with Crippen molar-refractivity contribution in [3.05, 3.63) is 76.8 Å². The fourth-order valence-electron chi connectivity index (χ4n) is 2.57. The highest BCUT2D eigenvalue weighted by molar-refractivity contribution is 9.11. The monoisotopic (exact) mass is 402 g/mol. The van der Waals surface area contributed by atoms with Crippen LogP contribution in [0.1, 0.15) is 11.6 Å². The first-order valence-corrected chi connectivity index (χ1v) is 8.40. The number of rotatable bonds is 4. The Morgan fingerprint density at radius 1 is 1.20 bits per heavy atom. The van der Waals surface area contributed by atoms with Gasteiger partial charge in [-0.05, 0) is 45.8 Å². The van der Waals surface area contributed by atoms with Crippen LogP contribution in [0.2, 0.25) is 0 Å². The van der Waals surface area contributed by atoms with Gasteiger partial charge in [-0.3, -0.25) is 4.79 Å². The van der Waals surface area contributed by atoms with Crippen LogP contribution < -0.4 is 11.1 Å². The van der Waals surface area contributed by atoms with E-state index in [1.807, 2.05) is 35.2 Å². The van der Waals surface area contributed by atoms with Gasteiger partial charge in [-0.25, -0.2) is 9.38 Å². The van der Waals surface area contributed by atoms with Gasteiger partial charge in [0.05, 0.1) is 12.7 Å². The Morgan fingerprint density at radius 3 is 2.56 bits per heavy atom. The number of nitrogens with two attached hydrogens (primary N) is 1. The maximum Gasteiger partial charge on any atom is 0.251 e. The van der Waals surface area contributed by atoms with Gasteiger partial charge in [0, 0.05) is 5.69 Å². The molecule has 0 unspecified atom stereocenters. The summed E-state index contributed by atoms with van der Waals surface area (Å²) in [5.41, 5.74) is 7.17. The van der Waals surface area contributed by atoms with Gasteiger partial charge in [0.1, 0.15) is 22.3 Å². The van der Waals surface area contributed by atoms with E-state index in [1.54, 1.807) is 6.20 Å². The summed E-state index contributed by atoms with van der Waals surface area (Å²) in [6.07, 6.45) is 1.57. The molecule has 128 valence electrons. The van der Waals surface area contributed by atoms with Crippen LogP contribution in [0.5, 0.6) is 0 Å². The maximum absolute atomic E-state index is 13.1. The molecule has 1 aliphatic heterocycles. The molecule has 2 aromatic carbocycles. The SMILES string of the molecule is NC1=NC=C(Br)N([C@H](C(=O)Nc2ccc(F)cc2)c2ccccc2)C1. The van der Waals surface area contributed by atoms with Gasteiger partial charge in [-0.1, -0.05) is 30.3 Å². The molecule has 25 heavy (non-hydrogen) atoms. The summed E-state index contributed by atoms with van der Waals surface area (Å²) in [4.78, 5) is 18.9. The molecule has 0 aromatic heterocycles. The van der Waals surface area contributed by atoms with Crippen LogP contribution in [-0.4, -0.2) is 23.2 Å². The van der Waals surface area contributed by atoms with E-state index in [-0.39, 0.29) is 11.7 Å². The molecule has 0 spiro atoms. The molecular formula is C18H16BrFN4O. The van der Waals surface area contributed by atoms with Crippen LogP contribution in [0, 0.1) is 5.82 Å². The zero-order chi connectivity index (χ0) is 17.8. The predicted octanol–water partition coefficient (Wildman–Crippen LogP) is 3.37. The predicted molar refractivity (Wildman–Crippen MR) is 99.6 cm³/mol. The standard InChI is InChI=1S/C18H16BrFN4O/c19-15-10-22-16(21)11-24(15)17(12-4-2-1-3-5-12)18(25)23-14-8-6-13(20)7-9-14/h1-10,17H,11H2,(H2,21,22)(H,23,25)/t17-/m0/s1. The van der Waals surface area contributed by atoms with Gasteiger partial charge in [0.15, 0.2) is 0 Å². The Morgan fingerprint density at radius 2 is 1.88 bits per heavy atom. The molecule has 1 amide bonds. The third kappa shape index (κ3) is 4.06. The van der Waals surface area contributed by atoms with Crippen LogP contribution in [-0.2, 0) is 4.79 Å². The number of benzene rings is 2. The van der Waals surface area contributed by atoms with Crippen molar-refractivity contribution in [2.75, 3.05) is 11.9 Å². The molecule has 1 heterocycles. The molecular weight excluding hydrogens is 387 g/mol. The lowest BCUT2D eigenvalue weighted by molar-refractivity contribution is -0.120. The molecule has 5 nitrogen and oxygen atoms in total. The Labute approximate surface area is 153 Å². The number of nitrogens with zero attached hydrogens (tertiary/aromatic N) is 2. The molecule has 2 aromatic rings. The maximum atomic E-state index is 13.1. The average molecular weight is 403 g/mol. The highest BCUT2D eigenvalue weighted by atomic mass is 79.9. The summed E-state index contributed by atoms with van der Waals surface area (Å²) >= 11 is 3.44. The van der Waals surface area contributed by atoms with Gasteiger partial charge in [-0.2, -0.15) is 0 Å². The Bertz CT molecular complexity index is 821. The summed E-state index contributed by atoms with van der Waals surface area (Å²) in [7, 11) is 0. The third-order valence-corrected chi connectivity index (χ3v) is 4.39. The van der Waals surface area contributed by atoms with Crippen molar-refractivity contribution in [2.24, 2.45) is 10.7 Å². The van der Waals surface area contributed by atoms with Crippen LogP contribution in [0.25, 0.3) is 0 Å². The molecule has 3 rings (SSSR count). The summed E-state index contributed by atoms with van der Waals surface area (Å²) < 4.78 is 13.7. The fraction of sp³-hybridized carbons (Fsp3) is 0.111. The summed E-state index contributed by atoms with van der Waals surface area (Å²) in [5, 5.41) is 2.82. The van der Waals surface area contributed by atoms with Gasteiger partial charge in [-0.15, -0.1) is 0 Å². The van der Waals surface area contributed by atoms with Crippen molar-refractivity contribution >= 4 is 33.4 Å². The van der Waals surface area contributed by atoms with E-state index in [9.17, 15) is 9.18 Å². The first kappa shape index (κ1) is 17.2. The van der Waals surface area contributed by atoms with E-state index in [4.69, 9.17) is 5.73 Å². The van der Waals surface area contributed by atoms with Gasteiger partial charge < -0.3 is 16.0 Å². The molecule has 0 fully saturated rings. The second-order valence-electron chi connectivity index (χ2n) is 5.51. The van der Waals surface area contributed by atoms with Crippen molar-refractivity contribution < 1.29 is 9.18 Å². The number of aliphatic imine (C=N–C) groups is 1. The first-order chi connectivity index (χ1) is 12.0. The summed E-state index contributed by atoms with van der Waals surface area (Å²) in [5.74, 6) is -0.195. The Hall–Kier alpha value is -2.67. The van der Waals surface area contributed by atoms with Crippen LogP contribution in [0.15, 0.2) is 70.4 Å². The van der Waals surface area contributed by atoms with E-state index in [0.717, 1.165) is 5.56 Å². The quantitative estimate of drug-likeness (QED) is 0.770. The van der Waals surface area contributed by atoms with Crippen molar-refractivity contribution in [1.29, 1.82) is 0 Å². The van der Waals surface area contributed by atoms with Gasteiger partial charge >= 0.3 is 0 Å². The minimum Gasteiger partial charge on any atom is -0.386 e. The first-order valence-electron chi connectivity index (χ1n) is 7.60. The van der Waals surface area contributed by atoms with Crippen molar-refractivity contribution in [3.63, 3.8) is 0 Å². The molecule has 0 aliphatic carbocycles. The van der Waals surface area contributed by atoms with E-state index < -0.39 is 6.04 Å². The van der Waals surface area contributed by atoms with E-state index >= 15 is 0 Å². The smallest absolute Gasteiger partial charge is 0.251 e. The highest BCUT2D eigenvalue weighted by Gasteiger charge is 2.30. The minimum atomic E-state index is -0.620. The van der Waals surface area contributed by atoms with Crippen LogP contribution >= 0.6 is 15.9 Å². The Kier molecular flexibility index (Phi) is 5.14. The number of anilines is 1. The number of amides is 1. The second kappa shape index (κ2) is 7.48. The normalized spacial score (nSPS) is 15.2. The summed E-state index contributed by atoms with van der Waals surface area (Å²) in [6.45, 7) is 0.313. The third-order valence-electron chi connectivity index (χ3n) is 3.73. The molecule has 0 saturated heterocycles. The lowest BCUT2D eigenvalue weighted by atomic mass is 10.0. The molecule has 3 N–H and O–H groups in total. The lowest BCUT2D eigenvalue weighted by Gasteiger charge is -2.33. The lowest BCUT2D eigenvalue weighted by Crippen LogP contribution is -2.42. The molecule has 0 radical (unpaired) electrons. The Balaban J connectivity index is 1.91. The second-order valence-corrected chi connectivity index (χ2v) is 6.32. The summed E-state index contributed by atoms with van der Waals surface area (Å²) in [6, 6.07) is 14.4. The molecule has 1 atom stereocenters. The van der Waals surface area contributed by atoms with Crippen molar-refractivity contribution in [2.45, 2.75) is 6.04 Å². The van der Waals surface area contributed by atoms with E-state index in [0.29, 0.717) is 22.7 Å². The topological polar surface area (TPSA) is 70.7 Å².